The quantitative estimate of drug-likeness (QED) is 0.266. The van der Waals surface area contributed by atoms with Gasteiger partial charge in [-0.1, -0.05) is 101 Å². The molecule has 0 aliphatic carbocycles. The van der Waals surface area contributed by atoms with E-state index in [-0.39, 0.29) is 0 Å². The average Bonchev–Trinajstić information content (AvgIpc) is 2.53. The molecule has 0 nitrogen and oxygen atoms in total. The summed E-state index contributed by atoms with van der Waals surface area (Å²) < 4.78 is 4.37. The van der Waals surface area contributed by atoms with Crippen LogP contribution in [0.2, 0.25) is 6.55 Å². The van der Waals surface area contributed by atoms with Crippen LogP contribution in [0.5, 0.6) is 0 Å². The standard InChI is InChI=1S/C19H14Br4Si/c1-24(17-5-3-2-4-6-17,18-9-13(20)7-14(21)10-18)19-11-15(22)8-16(23)12-19/h2-12H,1H3. The SMILES string of the molecule is C[Si](c1ccccc1)(c1cc(Br)cc(Br)c1)c1cc(Br)cc(Br)c1. The molecule has 0 fully saturated rings. The number of rotatable bonds is 3. The zero-order chi connectivity index (χ0) is 17.3. The van der Waals surface area contributed by atoms with E-state index in [0.717, 1.165) is 17.9 Å². The van der Waals surface area contributed by atoms with Gasteiger partial charge in [-0.05, 0) is 52.0 Å². The molecule has 0 saturated heterocycles. The van der Waals surface area contributed by atoms with E-state index in [4.69, 9.17) is 0 Å². The highest BCUT2D eigenvalue weighted by Crippen LogP contribution is 2.21. The van der Waals surface area contributed by atoms with Crippen LogP contribution in [0, 0.1) is 0 Å². The Bertz CT molecular complexity index is 786. The molecule has 0 unspecified atom stereocenters. The lowest BCUT2D eigenvalue weighted by Gasteiger charge is -2.30. The van der Waals surface area contributed by atoms with E-state index >= 15 is 0 Å². The third-order valence-corrected chi connectivity index (χ3v) is 10.4. The van der Waals surface area contributed by atoms with E-state index in [1.165, 1.54) is 15.6 Å². The summed E-state index contributed by atoms with van der Waals surface area (Å²) in [5, 5.41) is 4.11. The van der Waals surface area contributed by atoms with Crippen molar-refractivity contribution in [1.29, 1.82) is 0 Å². The molecular formula is C19H14Br4Si. The summed E-state index contributed by atoms with van der Waals surface area (Å²) in [6, 6.07) is 24.0. The molecule has 0 aliphatic heterocycles. The van der Waals surface area contributed by atoms with Crippen molar-refractivity contribution >= 4 is 87.4 Å². The topological polar surface area (TPSA) is 0 Å². The molecule has 0 aromatic heterocycles. The zero-order valence-electron chi connectivity index (χ0n) is 12.9. The fourth-order valence-corrected chi connectivity index (χ4v) is 10.0. The summed E-state index contributed by atoms with van der Waals surface area (Å²) in [5.74, 6) is 0. The fraction of sp³-hybridized carbons (Fsp3) is 0.0526. The Morgan fingerprint density at radius 1 is 0.542 bits per heavy atom. The van der Waals surface area contributed by atoms with Crippen LogP contribution in [0.4, 0.5) is 0 Å². The first-order valence-electron chi connectivity index (χ1n) is 7.38. The van der Waals surface area contributed by atoms with Crippen LogP contribution in [0.3, 0.4) is 0 Å². The van der Waals surface area contributed by atoms with Gasteiger partial charge in [0.15, 0.2) is 0 Å². The van der Waals surface area contributed by atoms with Gasteiger partial charge in [-0.15, -0.1) is 0 Å². The maximum atomic E-state index is 3.65. The average molecular weight is 590 g/mol. The highest BCUT2D eigenvalue weighted by Gasteiger charge is 2.35. The van der Waals surface area contributed by atoms with Gasteiger partial charge in [0, 0.05) is 17.9 Å². The van der Waals surface area contributed by atoms with Crippen molar-refractivity contribution in [2.24, 2.45) is 0 Å². The minimum atomic E-state index is -2.12. The first-order chi connectivity index (χ1) is 11.4. The Hall–Kier alpha value is -0.203. The van der Waals surface area contributed by atoms with Crippen molar-refractivity contribution in [2.75, 3.05) is 0 Å². The predicted molar refractivity (Wildman–Crippen MR) is 121 cm³/mol. The molecule has 0 heterocycles. The third-order valence-electron chi connectivity index (χ3n) is 4.23. The molecule has 0 radical (unpaired) electrons. The van der Waals surface area contributed by atoms with Gasteiger partial charge in [0.2, 0.25) is 0 Å². The lowest BCUT2D eigenvalue weighted by molar-refractivity contribution is 1.59. The second kappa shape index (κ2) is 7.58. The predicted octanol–water partition coefficient (Wildman–Crippen LogP) is 5.84. The van der Waals surface area contributed by atoms with Gasteiger partial charge in [0.25, 0.3) is 0 Å². The van der Waals surface area contributed by atoms with Gasteiger partial charge in [-0.25, -0.2) is 0 Å². The number of halogens is 4. The molecular weight excluding hydrogens is 576 g/mol. The second-order valence-electron chi connectivity index (χ2n) is 5.81. The number of benzene rings is 3. The van der Waals surface area contributed by atoms with Gasteiger partial charge < -0.3 is 0 Å². The Kier molecular flexibility index (Phi) is 5.87. The monoisotopic (exact) mass is 586 g/mol. The summed E-state index contributed by atoms with van der Waals surface area (Å²) in [7, 11) is -2.12. The van der Waals surface area contributed by atoms with Crippen molar-refractivity contribution in [3.05, 3.63) is 84.6 Å². The van der Waals surface area contributed by atoms with Crippen molar-refractivity contribution in [3.8, 4) is 0 Å². The lowest BCUT2D eigenvalue weighted by Crippen LogP contribution is -2.64. The molecule has 0 amide bonds. The molecule has 122 valence electrons. The van der Waals surface area contributed by atoms with Gasteiger partial charge >= 0.3 is 0 Å². The Labute approximate surface area is 177 Å². The largest absolute Gasteiger partial charge is 0.145 e. The normalized spacial score (nSPS) is 11.5. The molecule has 24 heavy (non-hydrogen) atoms. The molecule has 0 aliphatic rings. The molecule has 5 heteroatoms. The maximum absolute atomic E-state index is 3.65. The minimum Gasteiger partial charge on any atom is -0.0624 e. The van der Waals surface area contributed by atoms with E-state index < -0.39 is 8.07 Å². The van der Waals surface area contributed by atoms with Crippen LogP contribution < -0.4 is 15.6 Å². The molecule has 3 rings (SSSR count). The summed E-state index contributed by atoms with van der Waals surface area (Å²) >= 11 is 14.6. The lowest BCUT2D eigenvalue weighted by atomic mass is 10.3. The summed E-state index contributed by atoms with van der Waals surface area (Å²) in [6.07, 6.45) is 0. The van der Waals surface area contributed by atoms with Crippen LogP contribution in [-0.4, -0.2) is 8.07 Å². The Morgan fingerprint density at radius 3 is 1.29 bits per heavy atom. The molecule has 0 bridgehead atoms. The first kappa shape index (κ1) is 18.6. The molecule has 0 atom stereocenters. The van der Waals surface area contributed by atoms with Crippen molar-refractivity contribution in [1.82, 2.24) is 0 Å². The van der Waals surface area contributed by atoms with Crippen LogP contribution in [0.15, 0.2) is 84.6 Å². The van der Waals surface area contributed by atoms with Crippen molar-refractivity contribution in [2.45, 2.75) is 6.55 Å². The zero-order valence-corrected chi connectivity index (χ0v) is 20.2. The van der Waals surface area contributed by atoms with E-state index in [0.29, 0.717) is 0 Å². The van der Waals surface area contributed by atoms with Crippen LogP contribution >= 0.6 is 63.7 Å². The smallest absolute Gasteiger partial charge is 0.0624 e. The Balaban J connectivity index is 2.33. The van der Waals surface area contributed by atoms with E-state index in [2.05, 4.69) is 137 Å². The fourth-order valence-electron chi connectivity index (χ4n) is 2.96. The summed E-state index contributed by atoms with van der Waals surface area (Å²) in [6.45, 7) is 2.41. The van der Waals surface area contributed by atoms with Crippen molar-refractivity contribution in [3.63, 3.8) is 0 Å². The third kappa shape index (κ3) is 3.80. The number of hydrogen-bond acceptors (Lipinski definition) is 0. The number of hydrogen-bond donors (Lipinski definition) is 0. The van der Waals surface area contributed by atoms with E-state index in [1.54, 1.807) is 0 Å². The Morgan fingerprint density at radius 2 is 0.917 bits per heavy atom. The van der Waals surface area contributed by atoms with Gasteiger partial charge in [-0.2, -0.15) is 0 Å². The minimum absolute atomic E-state index is 1.09. The van der Waals surface area contributed by atoms with Crippen LogP contribution in [0.25, 0.3) is 0 Å². The van der Waals surface area contributed by atoms with Crippen molar-refractivity contribution < 1.29 is 0 Å². The summed E-state index contributed by atoms with van der Waals surface area (Å²) in [5.41, 5.74) is 0. The first-order valence-corrected chi connectivity index (χ1v) is 13.1. The molecule has 0 saturated carbocycles. The van der Waals surface area contributed by atoms with Crippen LogP contribution in [0.1, 0.15) is 0 Å². The summed E-state index contributed by atoms with van der Waals surface area (Å²) in [4.78, 5) is 0. The maximum Gasteiger partial charge on any atom is 0.145 e. The molecule has 0 spiro atoms. The molecule has 0 N–H and O–H groups in total. The van der Waals surface area contributed by atoms with E-state index in [1.807, 2.05) is 0 Å². The molecule has 3 aromatic rings. The van der Waals surface area contributed by atoms with Gasteiger partial charge in [-0.3, -0.25) is 0 Å². The highest BCUT2D eigenvalue weighted by atomic mass is 79.9. The molecule has 3 aromatic carbocycles. The van der Waals surface area contributed by atoms with Gasteiger partial charge in [0.05, 0.1) is 0 Å². The van der Waals surface area contributed by atoms with Gasteiger partial charge in [0.1, 0.15) is 8.07 Å². The van der Waals surface area contributed by atoms with E-state index in [9.17, 15) is 0 Å². The second-order valence-corrected chi connectivity index (χ2v) is 13.5. The van der Waals surface area contributed by atoms with Crippen LogP contribution in [-0.2, 0) is 0 Å². The highest BCUT2D eigenvalue weighted by molar-refractivity contribution is 9.11.